The molecule has 168 valence electrons. The topological polar surface area (TPSA) is 105 Å². The molecule has 9 heteroatoms. The summed E-state index contributed by atoms with van der Waals surface area (Å²) in [6.45, 7) is 9.94. The monoisotopic (exact) mass is 423 g/mol. The van der Waals surface area contributed by atoms with Gasteiger partial charge in [0.05, 0.1) is 12.2 Å². The fourth-order valence-corrected chi connectivity index (χ4v) is 5.44. The number of esters is 1. The first-order valence-corrected chi connectivity index (χ1v) is 10.6. The molecule has 3 aliphatic rings. The molecule has 2 aliphatic heterocycles. The Morgan fingerprint density at radius 3 is 2.37 bits per heavy atom. The van der Waals surface area contributed by atoms with Gasteiger partial charge in [-0.3, -0.25) is 19.3 Å². The van der Waals surface area contributed by atoms with Crippen LogP contribution in [-0.2, 0) is 23.9 Å². The number of carbonyl (C=O) groups excluding carboxylic acids is 4. The van der Waals surface area contributed by atoms with Gasteiger partial charge in [0.25, 0.3) is 11.8 Å². The maximum atomic E-state index is 13.1. The van der Waals surface area contributed by atoms with Gasteiger partial charge in [0.2, 0.25) is 0 Å². The molecule has 4 atom stereocenters. The Morgan fingerprint density at radius 2 is 1.77 bits per heavy atom. The smallest absolute Gasteiger partial charge is 0.326 e. The average molecular weight is 424 g/mol. The van der Waals surface area contributed by atoms with Crippen LogP contribution in [0.25, 0.3) is 0 Å². The summed E-state index contributed by atoms with van der Waals surface area (Å²) in [6, 6.07) is -0.580. The Labute approximate surface area is 177 Å². The van der Waals surface area contributed by atoms with Gasteiger partial charge < -0.3 is 19.7 Å². The summed E-state index contributed by atoms with van der Waals surface area (Å²) >= 11 is 0. The van der Waals surface area contributed by atoms with Gasteiger partial charge in [0.15, 0.2) is 6.61 Å². The summed E-state index contributed by atoms with van der Waals surface area (Å²) in [4.78, 5) is 52.7. The van der Waals surface area contributed by atoms with E-state index in [-0.39, 0.29) is 35.4 Å². The van der Waals surface area contributed by atoms with E-state index in [4.69, 9.17) is 9.47 Å². The normalized spacial score (nSPS) is 33.6. The Bertz CT molecular complexity index is 728. The molecular weight excluding hydrogens is 390 g/mol. The van der Waals surface area contributed by atoms with Gasteiger partial charge in [-0.05, 0) is 44.4 Å². The van der Waals surface area contributed by atoms with Crippen molar-refractivity contribution in [3.63, 3.8) is 0 Å². The zero-order valence-corrected chi connectivity index (χ0v) is 18.5. The standard InChI is InChI=1S/C21H33N3O6/c1-13-6-20(4,5)12-21(7-13)18(27)24(19(28)22-21)10-17(26)29-11-16(25)23-8-14(2)30-15(3)9-23/h13-15H,6-12H2,1-5H3,(H,22,28)/t13-,14-,15+,21-/m0/s1. The summed E-state index contributed by atoms with van der Waals surface area (Å²) in [5.74, 6) is -1.20. The molecule has 3 rings (SSSR count). The van der Waals surface area contributed by atoms with E-state index in [0.717, 1.165) is 11.3 Å². The van der Waals surface area contributed by atoms with E-state index in [0.29, 0.717) is 25.9 Å². The molecule has 1 saturated carbocycles. The number of hydrogen-bond acceptors (Lipinski definition) is 6. The quantitative estimate of drug-likeness (QED) is 0.540. The highest BCUT2D eigenvalue weighted by Gasteiger charge is 2.56. The van der Waals surface area contributed by atoms with Crippen LogP contribution in [0.1, 0.15) is 53.9 Å². The predicted molar refractivity (Wildman–Crippen MR) is 107 cm³/mol. The first kappa shape index (κ1) is 22.5. The average Bonchev–Trinajstić information content (AvgIpc) is 2.80. The number of ether oxygens (including phenoxy) is 2. The lowest BCUT2D eigenvalue weighted by atomic mass is 9.64. The highest BCUT2D eigenvalue weighted by Crippen LogP contribution is 2.46. The number of nitrogens with zero attached hydrogens (tertiary/aromatic N) is 2. The van der Waals surface area contributed by atoms with Gasteiger partial charge >= 0.3 is 12.0 Å². The molecule has 2 saturated heterocycles. The van der Waals surface area contributed by atoms with E-state index >= 15 is 0 Å². The largest absolute Gasteiger partial charge is 0.454 e. The van der Waals surface area contributed by atoms with Crippen LogP contribution in [0.15, 0.2) is 0 Å². The van der Waals surface area contributed by atoms with E-state index in [9.17, 15) is 19.2 Å². The molecule has 0 radical (unpaired) electrons. The fourth-order valence-electron chi connectivity index (χ4n) is 5.44. The van der Waals surface area contributed by atoms with Crippen LogP contribution < -0.4 is 5.32 Å². The number of amides is 4. The minimum absolute atomic E-state index is 0.0855. The number of nitrogens with one attached hydrogen (secondary N) is 1. The number of carbonyl (C=O) groups is 4. The van der Waals surface area contributed by atoms with Crippen LogP contribution in [0.5, 0.6) is 0 Å². The maximum Gasteiger partial charge on any atom is 0.326 e. The van der Waals surface area contributed by atoms with E-state index in [1.165, 1.54) is 0 Å². The molecule has 1 aliphatic carbocycles. The van der Waals surface area contributed by atoms with Gasteiger partial charge in [0.1, 0.15) is 12.1 Å². The van der Waals surface area contributed by atoms with Crippen LogP contribution >= 0.6 is 0 Å². The number of rotatable bonds is 4. The lowest BCUT2D eigenvalue weighted by Gasteiger charge is -2.43. The van der Waals surface area contributed by atoms with Crippen molar-refractivity contribution >= 4 is 23.8 Å². The summed E-state index contributed by atoms with van der Waals surface area (Å²) in [5.41, 5.74) is -1.05. The predicted octanol–water partition coefficient (Wildman–Crippen LogP) is 1.30. The Balaban J connectivity index is 1.56. The first-order chi connectivity index (χ1) is 13.9. The first-order valence-electron chi connectivity index (χ1n) is 10.6. The second kappa shape index (κ2) is 8.17. The molecule has 9 nitrogen and oxygen atoms in total. The van der Waals surface area contributed by atoms with Crippen LogP contribution in [0.4, 0.5) is 4.79 Å². The molecule has 1 spiro atoms. The molecule has 2 heterocycles. The molecule has 0 aromatic carbocycles. The lowest BCUT2D eigenvalue weighted by Crippen LogP contribution is -2.54. The summed E-state index contributed by atoms with van der Waals surface area (Å²) in [7, 11) is 0. The van der Waals surface area contributed by atoms with Crippen molar-refractivity contribution in [1.29, 1.82) is 0 Å². The van der Waals surface area contributed by atoms with Crippen LogP contribution in [0.2, 0.25) is 0 Å². The van der Waals surface area contributed by atoms with E-state index in [1.807, 2.05) is 13.8 Å². The number of imide groups is 1. The number of morpholine rings is 1. The molecular formula is C21H33N3O6. The van der Waals surface area contributed by atoms with Crippen molar-refractivity contribution in [3.05, 3.63) is 0 Å². The highest BCUT2D eigenvalue weighted by atomic mass is 16.5. The van der Waals surface area contributed by atoms with Gasteiger partial charge in [-0.2, -0.15) is 0 Å². The Kier molecular flexibility index (Phi) is 6.13. The van der Waals surface area contributed by atoms with Gasteiger partial charge in [-0.15, -0.1) is 0 Å². The zero-order valence-electron chi connectivity index (χ0n) is 18.5. The number of hydrogen-bond donors (Lipinski definition) is 1. The second-order valence-corrected chi connectivity index (χ2v) is 9.97. The number of urea groups is 1. The van der Waals surface area contributed by atoms with Crippen molar-refractivity contribution in [2.24, 2.45) is 11.3 Å². The van der Waals surface area contributed by atoms with Crippen LogP contribution in [0.3, 0.4) is 0 Å². The molecule has 1 N–H and O–H groups in total. The fraction of sp³-hybridized carbons (Fsp3) is 0.810. The van der Waals surface area contributed by atoms with Gasteiger partial charge in [0, 0.05) is 13.1 Å². The van der Waals surface area contributed by atoms with Gasteiger partial charge in [-0.25, -0.2) is 4.79 Å². The van der Waals surface area contributed by atoms with E-state index < -0.39 is 30.7 Å². The summed E-state index contributed by atoms with van der Waals surface area (Å²) in [6.07, 6.45) is 1.89. The molecule has 4 amide bonds. The van der Waals surface area contributed by atoms with Crippen LogP contribution in [-0.4, -0.2) is 77.6 Å². The van der Waals surface area contributed by atoms with E-state index in [1.54, 1.807) is 4.90 Å². The lowest BCUT2D eigenvalue weighted by molar-refractivity contribution is -0.158. The third kappa shape index (κ3) is 4.77. The van der Waals surface area contributed by atoms with Crippen molar-refractivity contribution in [1.82, 2.24) is 15.1 Å². The maximum absolute atomic E-state index is 13.1. The minimum atomic E-state index is -0.964. The van der Waals surface area contributed by atoms with E-state index in [2.05, 4.69) is 26.1 Å². The van der Waals surface area contributed by atoms with Crippen molar-refractivity contribution in [2.75, 3.05) is 26.2 Å². The summed E-state index contributed by atoms with van der Waals surface area (Å²) in [5, 5.41) is 2.83. The second-order valence-electron chi connectivity index (χ2n) is 9.97. The molecule has 0 aromatic rings. The van der Waals surface area contributed by atoms with Crippen molar-refractivity contribution in [2.45, 2.75) is 71.6 Å². The molecule has 3 fully saturated rings. The van der Waals surface area contributed by atoms with Crippen molar-refractivity contribution in [3.8, 4) is 0 Å². The summed E-state index contributed by atoms with van der Waals surface area (Å²) < 4.78 is 10.7. The Hall–Kier alpha value is -2.16. The minimum Gasteiger partial charge on any atom is -0.454 e. The molecule has 0 bridgehead atoms. The molecule has 30 heavy (non-hydrogen) atoms. The zero-order chi connectivity index (χ0) is 22.3. The third-order valence-electron chi connectivity index (χ3n) is 6.04. The van der Waals surface area contributed by atoms with Crippen LogP contribution in [0, 0.1) is 11.3 Å². The highest BCUT2D eigenvalue weighted by molar-refractivity contribution is 6.08. The van der Waals surface area contributed by atoms with Crippen molar-refractivity contribution < 1.29 is 28.7 Å². The molecule has 0 unspecified atom stereocenters. The van der Waals surface area contributed by atoms with Gasteiger partial charge in [-0.1, -0.05) is 20.8 Å². The third-order valence-corrected chi connectivity index (χ3v) is 6.04. The SMILES string of the molecule is C[C@H]1CC(C)(C)C[C@]2(C1)NC(=O)N(CC(=O)OCC(=O)N1C[C@@H](C)O[C@@H](C)C1)C2=O. The Morgan fingerprint density at radius 1 is 1.13 bits per heavy atom. The molecule has 0 aromatic heterocycles.